The smallest absolute Gasteiger partial charge is 0.0794 e. The van der Waals surface area contributed by atoms with Gasteiger partial charge in [0.05, 0.1) is 12.7 Å². The van der Waals surface area contributed by atoms with Crippen molar-refractivity contribution in [3.8, 4) is 0 Å². The summed E-state index contributed by atoms with van der Waals surface area (Å²) in [5, 5.41) is 0. The lowest BCUT2D eigenvalue weighted by Crippen LogP contribution is -2.10. The summed E-state index contributed by atoms with van der Waals surface area (Å²) in [5.41, 5.74) is 1.27. The second-order valence-corrected chi connectivity index (χ2v) is 5.32. The van der Waals surface area contributed by atoms with E-state index in [1.807, 2.05) is 0 Å². The summed E-state index contributed by atoms with van der Waals surface area (Å²) < 4.78 is 7.22. The molecule has 0 spiro atoms. The first kappa shape index (κ1) is 12.8. The van der Waals surface area contributed by atoms with E-state index in [0.29, 0.717) is 6.61 Å². The van der Waals surface area contributed by atoms with Crippen LogP contribution in [-0.2, 0) is 11.3 Å². The monoisotopic (exact) mass is 340 g/mol. The number of rotatable bonds is 3. The van der Waals surface area contributed by atoms with Gasteiger partial charge in [-0.15, -0.1) is 0 Å². The van der Waals surface area contributed by atoms with Crippen LogP contribution in [0.1, 0.15) is 24.8 Å². The fourth-order valence-electron chi connectivity index (χ4n) is 1.80. The third-order valence-electron chi connectivity index (χ3n) is 2.80. The molecule has 0 saturated carbocycles. The topological polar surface area (TPSA) is 9.23 Å². The van der Waals surface area contributed by atoms with Crippen LogP contribution in [0, 0.1) is 3.57 Å². The van der Waals surface area contributed by atoms with Gasteiger partial charge in [0.2, 0.25) is 0 Å². The largest absolute Gasteiger partial charge is 0.369 e. The predicted octanol–water partition coefficient (Wildman–Crippen LogP) is 4.47. The average molecular weight is 340 g/mol. The Hall–Kier alpha value is -0.610. The minimum Gasteiger partial charge on any atom is -0.369 e. The molecule has 1 aromatic rings. The van der Waals surface area contributed by atoms with Crippen LogP contribution in [0.5, 0.6) is 0 Å². The van der Waals surface area contributed by atoms with E-state index in [2.05, 4.69) is 71.2 Å². The first-order valence-corrected chi connectivity index (χ1v) is 7.11. The molecule has 2 rings (SSSR count). The summed E-state index contributed by atoms with van der Waals surface area (Å²) in [4.78, 5) is 0. The summed E-state index contributed by atoms with van der Waals surface area (Å²) in [6.07, 6.45) is 12.4. The van der Waals surface area contributed by atoms with Crippen molar-refractivity contribution >= 4 is 22.6 Å². The van der Waals surface area contributed by atoms with E-state index >= 15 is 0 Å². The maximum absolute atomic E-state index is 5.94. The maximum Gasteiger partial charge on any atom is 0.0794 e. The van der Waals surface area contributed by atoms with Crippen molar-refractivity contribution in [3.05, 3.63) is 57.7 Å². The zero-order valence-corrected chi connectivity index (χ0v) is 12.0. The van der Waals surface area contributed by atoms with Crippen LogP contribution in [0.15, 0.2) is 48.6 Å². The quantitative estimate of drug-likeness (QED) is 0.583. The van der Waals surface area contributed by atoms with Gasteiger partial charge in [0, 0.05) is 3.57 Å². The molecule has 2 heteroatoms. The molecule has 1 aromatic carbocycles. The van der Waals surface area contributed by atoms with Crippen molar-refractivity contribution in [1.29, 1.82) is 0 Å². The minimum absolute atomic E-state index is 0.225. The Balaban J connectivity index is 1.91. The number of hydrogen-bond acceptors (Lipinski definition) is 1. The first-order valence-electron chi connectivity index (χ1n) is 6.03. The molecule has 1 nitrogen and oxygen atoms in total. The van der Waals surface area contributed by atoms with Crippen molar-refractivity contribution in [3.63, 3.8) is 0 Å². The molecule has 90 valence electrons. The molecular weight excluding hydrogens is 323 g/mol. The Morgan fingerprint density at radius 2 is 1.94 bits per heavy atom. The summed E-state index contributed by atoms with van der Waals surface area (Å²) in [7, 11) is 0. The standard InChI is InChI=1S/C15H17IO/c16-15-11-7-6-8-13(15)12-17-14-9-4-2-1-3-5-10-14/h2,4-8,10-11,14H,1,3,9,12H2/b4-2-,10-5-. The molecule has 1 atom stereocenters. The normalized spacial score (nSPS) is 23.7. The molecule has 0 amide bonds. The van der Waals surface area contributed by atoms with Gasteiger partial charge in [-0.3, -0.25) is 0 Å². The maximum atomic E-state index is 5.94. The molecule has 0 saturated heterocycles. The van der Waals surface area contributed by atoms with Gasteiger partial charge in [0.15, 0.2) is 0 Å². The van der Waals surface area contributed by atoms with Crippen molar-refractivity contribution in [1.82, 2.24) is 0 Å². The molecule has 0 aromatic heterocycles. The fraction of sp³-hybridized carbons (Fsp3) is 0.333. The molecule has 0 N–H and O–H groups in total. The number of hydrogen-bond donors (Lipinski definition) is 0. The molecule has 17 heavy (non-hydrogen) atoms. The van der Waals surface area contributed by atoms with Gasteiger partial charge in [-0.1, -0.05) is 42.5 Å². The minimum atomic E-state index is 0.225. The molecule has 1 aliphatic rings. The molecule has 0 heterocycles. The summed E-state index contributed by atoms with van der Waals surface area (Å²) >= 11 is 2.36. The van der Waals surface area contributed by atoms with E-state index in [4.69, 9.17) is 4.74 Å². The Labute approximate surface area is 117 Å². The van der Waals surface area contributed by atoms with Crippen LogP contribution in [0.2, 0.25) is 0 Å². The van der Waals surface area contributed by atoms with Gasteiger partial charge in [-0.25, -0.2) is 0 Å². The van der Waals surface area contributed by atoms with Crippen LogP contribution in [0.25, 0.3) is 0 Å². The lowest BCUT2D eigenvalue weighted by Gasteiger charge is -2.14. The van der Waals surface area contributed by atoms with Crippen molar-refractivity contribution < 1.29 is 4.74 Å². The zero-order chi connectivity index (χ0) is 11.9. The molecular formula is C15H17IO. The highest BCUT2D eigenvalue weighted by Crippen LogP contribution is 2.15. The number of benzene rings is 1. The zero-order valence-electron chi connectivity index (χ0n) is 9.81. The highest BCUT2D eigenvalue weighted by atomic mass is 127. The second kappa shape index (κ2) is 6.97. The lowest BCUT2D eigenvalue weighted by molar-refractivity contribution is 0.0732. The SMILES string of the molecule is Ic1ccccc1COC1/C=C\CC/C=C\C1. The Morgan fingerprint density at radius 1 is 1.12 bits per heavy atom. The molecule has 0 fully saturated rings. The molecule has 0 aliphatic heterocycles. The number of halogens is 1. The van der Waals surface area contributed by atoms with E-state index in [1.165, 1.54) is 9.13 Å². The van der Waals surface area contributed by atoms with Gasteiger partial charge in [-0.05, 0) is 53.5 Å². The van der Waals surface area contributed by atoms with E-state index in [9.17, 15) is 0 Å². The average Bonchev–Trinajstić information content (AvgIpc) is 2.29. The summed E-state index contributed by atoms with van der Waals surface area (Å²) in [5.74, 6) is 0. The Kier molecular flexibility index (Phi) is 5.26. The predicted molar refractivity (Wildman–Crippen MR) is 79.9 cm³/mol. The molecule has 1 unspecified atom stereocenters. The first-order chi connectivity index (χ1) is 8.36. The molecule has 0 radical (unpaired) electrons. The van der Waals surface area contributed by atoms with Gasteiger partial charge < -0.3 is 4.74 Å². The van der Waals surface area contributed by atoms with Gasteiger partial charge >= 0.3 is 0 Å². The Bertz CT molecular complexity index is 409. The van der Waals surface area contributed by atoms with E-state index in [1.54, 1.807) is 0 Å². The van der Waals surface area contributed by atoms with Crippen molar-refractivity contribution in [2.24, 2.45) is 0 Å². The molecule has 1 aliphatic carbocycles. The van der Waals surface area contributed by atoms with Crippen LogP contribution < -0.4 is 0 Å². The van der Waals surface area contributed by atoms with Crippen LogP contribution >= 0.6 is 22.6 Å². The lowest BCUT2D eigenvalue weighted by atomic mass is 10.1. The van der Waals surface area contributed by atoms with Crippen LogP contribution in [0.4, 0.5) is 0 Å². The summed E-state index contributed by atoms with van der Waals surface area (Å²) in [6.45, 7) is 0.696. The third kappa shape index (κ3) is 4.28. The van der Waals surface area contributed by atoms with Crippen molar-refractivity contribution in [2.75, 3.05) is 0 Å². The van der Waals surface area contributed by atoms with E-state index in [-0.39, 0.29) is 6.10 Å². The fourth-order valence-corrected chi connectivity index (χ4v) is 2.35. The second-order valence-electron chi connectivity index (χ2n) is 4.15. The highest BCUT2D eigenvalue weighted by molar-refractivity contribution is 14.1. The van der Waals surface area contributed by atoms with E-state index in [0.717, 1.165) is 19.3 Å². The third-order valence-corrected chi connectivity index (χ3v) is 3.85. The van der Waals surface area contributed by atoms with Crippen LogP contribution in [-0.4, -0.2) is 6.10 Å². The highest BCUT2D eigenvalue weighted by Gasteiger charge is 2.06. The summed E-state index contributed by atoms with van der Waals surface area (Å²) in [6, 6.07) is 8.37. The van der Waals surface area contributed by atoms with Crippen LogP contribution in [0.3, 0.4) is 0 Å². The van der Waals surface area contributed by atoms with E-state index < -0.39 is 0 Å². The van der Waals surface area contributed by atoms with Crippen molar-refractivity contribution in [2.45, 2.75) is 32.0 Å². The Morgan fingerprint density at radius 3 is 2.82 bits per heavy atom. The van der Waals surface area contributed by atoms with Gasteiger partial charge in [-0.2, -0.15) is 0 Å². The van der Waals surface area contributed by atoms with Gasteiger partial charge in [0.1, 0.15) is 0 Å². The number of allylic oxidation sites excluding steroid dienone is 2. The molecule has 0 bridgehead atoms. The number of ether oxygens (including phenoxy) is 1. The van der Waals surface area contributed by atoms with Gasteiger partial charge in [0.25, 0.3) is 0 Å².